The Bertz CT molecular complexity index is 4200. The third-order valence-corrected chi connectivity index (χ3v) is 15.8. The minimum Gasteiger partial charge on any atom is -0.256 e. The number of aromatic nitrogens is 6. The van der Waals surface area contributed by atoms with E-state index in [1.165, 1.54) is 44.5 Å². The second-order valence-electron chi connectivity index (χ2n) is 20.5. The van der Waals surface area contributed by atoms with Crippen molar-refractivity contribution < 1.29 is 0 Å². The van der Waals surface area contributed by atoms with E-state index in [2.05, 4.69) is 194 Å². The molecule has 0 fully saturated rings. The summed E-state index contributed by atoms with van der Waals surface area (Å²) in [4.78, 5) is 30.3. The highest BCUT2D eigenvalue weighted by Crippen LogP contribution is 2.57. The summed E-state index contributed by atoms with van der Waals surface area (Å²) in [7, 11) is 0. The smallest absolute Gasteiger partial charge is 0.160 e. The van der Waals surface area contributed by atoms with Crippen molar-refractivity contribution in [2.24, 2.45) is 0 Å². The van der Waals surface area contributed by atoms with Crippen molar-refractivity contribution in [3.05, 3.63) is 313 Å². The van der Waals surface area contributed by atoms with Gasteiger partial charge in [0.05, 0.1) is 34.2 Å². The molecule has 4 heterocycles. The number of hydrogen-bond acceptors (Lipinski definition) is 6. The maximum Gasteiger partial charge on any atom is 0.160 e. The molecule has 2 atom stereocenters. The van der Waals surface area contributed by atoms with Crippen LogP contribution < -0.4 is 0 Å². The van der Waals surface area contributed by atoms with Gasteiger partial charge >= 0.3 is 0 Å². The number of benzene rings is 9. The molecule has 0 amide bonds. The van der Waals surface area contributed by atoms with Gasteiger partial charge in [-0.1, -0.05) is 206 Å². The molecule has 3 aliphatic rings. The first-order valence-electron chi connectivity index (χ1n) is 27.1. The average Bonchev–Trinajstić information content (AvgIpc) is 3.69. The van der Waals surface area contributed by atoms with Crippen LogP contribution in [0, 0.1) is 0 Å². The van der Waals surface area contributed by atoms with Gasteiger partial charge in [-0.2, -0.15) is 0 Å². The average molecular weight is 1020 g/mol. The van der Waals surface area contributed by atoms with Gasteiger partial charge in [-0.25, -0.2) is 19.9 Å². The molecule has 6 heteroatoms. The number of nitrogens with zero attached hydrogens (tertiary/aromatic N) is 6. The Labute approximate surface area is 464 Å². The summed E-state index contributed by atoms with van der Waals surface area (Å²) in [6.45, 7) is 0. The maximum absolute atomic E-state index is 5.24. The Balaban J connectivity index is 0.790. The van der Waals surface area contributed by atoms with Gasteiger partial charge < -0.3 is 0 Å². The molecule has 2 unspecified atom stereocenters. The van der Waals surface area contributed by atoms with Crippen LogP contribution in [0.5, 0.6) is 0 Å². The van der Waals surface area contributed by atoms with E-state index in [1.54, 1.807) is 0 Å². The first-order valence-corrected chi connectivity index (χ1v) is 27.1. The fourth-order valence-corrected chi connectivity index (χ4v) is 12.1. The lowest BCUT2D eigenvalue weighted by atomic mass is 9.60. The topological polar surface area (TPSA) is 77.3 Å². The first-order chi connectivity index (χ1) is 39.6. The molecule has 0 saturated heterocycles. The van der Waals surface area contributed by atoms with Gasteiger partial charge in [-0.05, 0) is 116 Å². The number of pyridine rings is 2. The zero-order chi connectivity index (χ0) is 52.9. The van der Waals surface area contributed by atoms with E-state index in [9.17, 15) is 0 Å². The Hall–Kier alpha value is -10.6. The predicted octanol–water partition coefficient (Wildman–Crippen LogP) is 17.7. The predicted molar refractivity (Wildman–Crippen MR) is 322 cm³/mol. The summed E-state index contributed by atoms with van der Waals surface area (Å²) in [5, 5.41) is 0. The molecule has 13 aromatic rings. The molecule has 0 N–H and O–H groups in total. The lowest BCUT2D eigenvalue weighted by Gasteiger charge is -2.42. The fourth-order valence-electron chi connectivity index (χ4n) is 12.1. The largest absolute Gasteiger partial charge is 0.256 e. The Morgan fingerprint density at radius 1 is 0.200 bits per heavy atom. The third kappa shape index (κ3) is 8.38. The number of hydrogen-bond donors (Lipinski definition) is 0. The van der Waals surface area contributed by atoms with Crippen LogP contribution in [0.25, 0.3) is 113 Å². The highest BCUT2D eigenvalue weighted by atomic mass is 14.9. The first kappa shape index (κ1) is 46.7. The summed E-state index contributed by atoms with van der Waals surface area (Å²) in [6.07, 6.45) is 3.67. The van der Waals surface area contributed by atoms with E-state index >= 15 is 0 Å². The summed E-state index contributed by atoms with van der Waals surface area (Å²) in [6, 6.07) is 94.4. The van der Waals surface area contributed by atoms with E-state index in [1.807, 2.05) is 85.2 Å². The summed E-state index contributed by atoms with van der Waals surface area (Å²) in [5.74, 6) is 1.53. The Kier molecular flexibility index (Phi) is 11.6. The van der Waals surface area contributed by atoms with Crippen LogP contribution in [0.15, 0.2) is 279 Å². The monoisotopic (exact) mass is 1020 g/mol. The van der Waals surface area contributed by atoms with E-state index in [-0.39, 0.29) is 11.8 Å². The third-order valence-electron chi connectivity index (χ3n) is 15.8. The van der Waals surface area contributed by atoms with Gasteiger partial charge in [-0.15, -0.1) is 0 Å². The van der Waals surface area contributed by atoms with Crippen LogP contribution in [0.3, 0.4) is 0 Å². The van der Waals surface area contributed by atoms with Crippen LogP contribution in [0.1, 0.15) is 45.2 Å². The molecule has 0 spiro atoms. The molecule has 2 bridgehead atoms. The highest BCUT2D eigenvalue weighted by molar-refractivity contribution is 5.86. The van der Waals surface area contributed by atoms with Gasteiger partial charge in [-0.3, -0.25) is 9.97 Å². The molecule has 4 aromatic heterocycles. The minimum atomic E-state index is 0.0894. The van der Waals surface area contributed by atoms with Gasteiger partial charge in [0, 0.05) is 68.7 Å². The lowest BCUT2D eigenvalue weighted by molar-refractivity contribution is 0.755. The van der Waals surface area contributed by atoms with Crippen LogP contribution in [-0.2, 0) is 0 Å². The molecular weight excluding hydrogens is 973 g/mol. The Morgan fingerprint density at radius 3 is 0.963 bits per heavy atom. The van der Waals surface area contributed by atoms with E-state index in [4.69, 9.17) is 29.9 Å². The lowest BCUT2D eigenvalue weighted by Crippen LogP contribution is -2.27. The van der Waals surface area contributed by atoms with Gasteiger partial charge in [0.1, 0.15) is 0 Å². The molecule has 6 nitrogen and oxygen atoms in total. The number of rotatable bonds is 10. The molecule has 374 valence electrons. The fraction of sp³-hybridized carbons (Fsp3) is 0.0270. The van der Waals surface area contributed by atoms with Crippen LogP contribution >= 0.6 is 0 Å². The molecular formula is C74H48N6. The van der Waals surface area contributed by atoms with E-state index in [0.717, 1.165) is 89.8 Å². The van der Waals surface area contributed by atoms with Crippen molar-refractivity contribution in [3.8, 4) is 113 Å². The van der Waals surface area contributed by atoms with Gasteiger partial charge in [0.15, 0.2) is 11.6 Å². The minimum absolute atomic E-state index is 0.0894. The van der Waals surface area contributed by atoms with Crippen LogP contribution in [-0.4, -0.2) is 29.9 Å². The second kappa shape index (κ2) is 19.8. The van der Waals surface area contributed by atoms with E-state index in [0.29, 0.717) is 11.6 Å². The normalized spacial score (nSPS) is 13.8. The zero-order valence-electron chi connectivity index (χ0n) is 43.4. The van der Waals surface area contributed by atoms with Crippen molar-refractivity contribution in [1.82, 2.24) is 29.9 Å². The standard InChI is InChI=1S/C74H48N6/c1-3-19-47(20-4-1)73-77-67(45-69(79-73)57-29-9-7-27-55(57)65-33-13-15-39-75-65)53-25-17-23-49(41-53)51-35-37-61-63(43-51)71-59-31-11-12-32-60(59)72(61)64-44-52(36-38-62(64)71)50-24-18-26-54(42-50)68-46-70(80-74(78-68)48-21-5-2-6-22-48)58-30-10-8-28-56(58)66-34-14-16-40-76-66/h1-46,71-72H. The van der Waals surface area contributed by atoms with Crippen molar-refractivity contribution in [1.29, 1.82) is 0 Å². The van der Waals surface area contributed by atoms with E-state index < -0.39 is 0 Å². The highest BCUT2D eigenvalue weighted by Gasteiger charge is 2.41. The molecule has 0 radical (unpaired) electrons. The summed E-state index contributed by atoms with van der Waals surface area (Å²) < 4.78 is 0. The van der Waals surface area contributed by atoms with Gasteiger partial charge in [0.25, 0.3) is 0 Å². The molecule has 0 aliphatic heterocycles. The van der Waals surface area contributed by atoms with Gasteiger partial charge in [0.2, 0.25) is 0 Å². The Morgan fingerprint density at radius 2 is 0.537 bits per heavy atom. The molecule has 9 aromatic carbocycles. The summed E-state index contributed by atoms with van der Waals surface area (Å²) in [5.41, 5.74) is 26.0. The van der Waals surface area contributed by atoms with Crippen LogP contribution in [0.2, 0.25) is 0 Å². The van der Waals surface area contributed by atoms with Crippen molar-refractivity contribution in [3.63, 3.8) is 0 Å². The SMILES string of the molecule is c1ccc(-c2nc(-c3cccc(-c4ccc5c(c4)C4c6ccccc6C5c5cc(-c6cccc(-c7cc(-c8ccccc8-c8ccccn8)nc(-c8ccccc8)n7)c6)ccc54)c3)cc(-c3ccccc3-c3ccccn3)n2)cc1. The molecule has 16 rings (SSSR count). The second-order valence-corrected chi connectivity index (χ2v) is 20.5. The molecule has 80 heavy (non-hydrogen) atoms. The maximum atomic E-state index is 5.24. The summed E-state index contributed by atoms with van der Waals surface area (Å²) >= 11 is 0. The molecule has 3 aliphatic carbocycles. The zero-order valence-corrected chi connectivity index (χ0v) is 43.4. The van der Waals surface area contributed by atoms with Crippen molar-refractivity contribution >= 4 is 0 Å². The molecule has 0 saturated carbocycles. The quantitative estimate of drug-likeness (QED) is 0.136. The van der Waals surface area contributed by atoms with Crippen molar-refractivity contribution in [2.75, 3.05) is 0 Å². The van der Waals surface area contributed by atoms with Crippen LogP contribution in [0.4, 0.5) is 0 Å². The van der Waals surface area contributed by atoms with Crippen molar-refractivity contribution in [2.45, 2.75) is 11.8 Å².